The van der Waals surface area contributed by atoms with Gasteiger partial charge in [-0.05, 0) is 6.42 Å². The van der Waals surface area contributed by atoms with Gasteiger partial charge in [0.2, 0.25) is 5.91 Å². The molecule has 0 radical (unpaired) electrons. The van der Waals surface area contributed by atoms with Crippen LogP contribution in [0.1, 0.15) is 26.2 Å². The molecule has 0 aliphatic rings. The maximum atomic E-state index is 11.3. The van der Waals surface area contributed by atoms with E-state index in [1.807, 2.05) is 6.92 Å². The number of hydrogen-bond donors (Lipinski definition) is 2. The Hall–Kier alpha value is -1.14. The van der Waals surface area contributed by atoms with Crippen molar-refractivity contribution in [2.75, 3.05) is 40.0 Å². The van der Waals surface area contributed by atoms with Crippen LogP contribution in [0.15, 0.2) is 0 Å². The number of esters is 1. The van der Waals surface area contributed by atoms with E-state index >= 15 is 0 Å². The zero-order valence-corrected chi connectivity index (χ0v) is 11.3. The van der Waals surface area contributed by atoms with Gasteiger partial charge in [-0.2, -0.15) is 0 Å². The second-order valence-electron chi connectivity index (χ2n) is 3.84. The molecule has 0 spiro atoms. The number of methoxy groups -OCH3 is 1. The van der Waals surface area contributed by atoms with E-state index in [1.165, 1.54) is 0 Å². The minimum Gasteiger partial charge on any atom is -0.465 e. The van der Waals surface area contributed by atoms with Crippen LogP contribution in [0.3, 0.4) is 0 Å². The molecule has 0 fully saturated rings. The van der Waals surface area contributed by atoms with Gasteiger partial charge in [0.25, 0.3) is 0 Å². The molecule has 0 aromatic heterocycles. The summed E-state index contributed by atoms with van der Waals surface area (Å²) in [6.45, 7) is 4.12. The van der Waals surface area contributed by atoms with Crippen molar-refractivity contribution >= 4 is 11.9 Å². The number of hydrogen-bond acceptors (Lipinski definition) is 5. The van der Waals surface area contributed by atoms with E-state index in [4.69, 9.17) is 9.47 Å². The van der Waals surface area contributed by atoms with E-state index in [2.05, 4.69) is 10.6 Å². The van der Waals surface area contributed by atoms with Crippen molar-refractivity contribution < 1.29 is 19.1 Å². The first-order chi connectivity index (χ1) is 8.70. The van der Waals surface area contributed by atoms with Crippen molar-refractivity contribution in [3.05, 3.63) is 0 Å². The number of amides is 1. The first-order valence-electron chi connectivity index (χ1n) is 6.32. The Morgan fingerprint density at radius 3 is 2.61 bits per heavy atom. The lowest BCUT2D eigenvalue weighted by Crippen LogP contribution is -2.32. The van der Waals surface area contributed by atoms with E-state index in [-0.39, 0.29) is 18.4 Å². The van der Waals surface area contributed by atoms with Crippen LogP contribution < -0.4 is 10.6 Å². The van der Waals surface area contributed by atoms with Crippen molar-refractivity contribution in [1.82, 2.24) is 10.6 Å². The minimum absolute atomic E-state index is 0.0566. The van der Waals surface area contributed by atoms with Gasteiger partial charge in [0.15, 0.2) is 0 Å². The fourth-order valence-corrected chi connectivity index (χ4v) is 1.15. The van der Waals surface area contributed by atoms with Crippen LogP contribution in [0, 0.1) is 0 Å². The molecule has 0 aliphatic heterocycles. The monoisotopic (exact) mass is 260 g/mol. The standard InChI is InChI=1S/C12H24N2O4/c1-3-4-8-18-12(16)10-13-6-5-11(15)14-7-9-17-2/h13H,3-10H2,1-2H3,(H,14,15). The first-order valence-corrected chi connectivity index (χ1v) is 6.32. The zero-order chi connectivity index (χ0) is 13.6. The molecule has 6 heteroatoms. The Balaban J connectivity index is 3.32. The van der Waals surface area contributed by atoms with E-state index in [0.717, 1.165) is 12.8 Å². The number of carbonyl (C=O) groups is 2. The maximum Gasteiger partial charge on any atom is 0.319 e. The molecule has 0 aromatic rings. The average molecular weight is 260 g/mol. The summed E-state index contributed by atoms with van der Waals surface area (Å²) in [6, 6.07) is 0. The third-order valence-electron chi connectivity index (χ3n) is 2.19. The van der Waals surface area contributed by atoms with E-state index in [9.17, 15) is 9.59 Å². The molecule has 0 aromatic carbocycles. The van der Waals surface area contributed by atoms with Gasteiger partial charge in [-0.3, -0.25) is 9.59 Å². The van der Waals surface area contributed by atoms with E-state index in [1.54, 1.807) is 7.11 Å². The molecule has 18 heavy (non-hydrogen) atoms. The van der Waals surface area contributed by atoms with Crippen LogP contribution >= 0.6 is 0 Å². The van der Waals surface area contributed by atoms with Gasteiger partial charge < -0.3 is 20.1 Å². The number of ether oxygens (including phenoxy) is 2. The van der Waals surface area contributed by atoms with Crippen molar-refractivity contribution in [2.24, 2.45) is 0 Å². The summed E-state index contributed by atoms with van der Waals surface area (Å²) >= 11 is 0. The summed E-state index contributed by atoms with van der Waals surface area (Å²) in [7, 11) is 1.58. The van der Waals surface area contributed by atoms with Crippen molar-refractivity contribution in [3.8, 4) is 0 Å². The highest BCUT2D eigenvalue weighted by atomic mass is 16.5. The summed E-state index contributed by atoms with van der Waals surface area (Å²) in [5.41, 5.74) is 0. The predicted molar refractivity (Wildman–Crippen MR) is 68.2 cm³/mol. The number of unbranched alkanes of at least 4 members (excludes halogenated alkanes) is 1. The van der Waals surface area contributed by atoms with Gasteiger partial charge >= 0.3 is 5.97 Å². The summed E-state index contributed by atoms with van der Waals surface area (Å²) in [6.07, 6.45) is 2.22. The smallest absolute Gasteiger partial charge is 0.319 e. The van der Waals surface area contributed by atoms with E-state index in [0.29, 0.717) is 32.7 Å². The topological polar surface area (TPSA) is 76.7 Å². The molecule has 0 aliphatic carbocycles. The van der Waals surface area contributed by atoms with Crippen molar-refractivity contribution in [1.29, 1.82) is 0 Å². The Kier molecular flexibility index (Phi) is 11.5. The van der Waals surface area contributed by atoms with Crippen LogP contribution in [0.5, 0.6) is 0 Å². The second-order valence-corrected chi connectivity index (χ2v) is 3.84. The van der Waals surface area contributed by atoms with Gasteiger partial charge in [0, 0.05) is 26.6 Å². The van der Waals surface area contributed by atoms with Crippen LogP contribution in [-0.2, 0) is 19.1 Å². The molecule has 0 heterocycles. The molecule has 0 unspecified atom stereocenters. The lowest BCUT2D eigenvalue weighted by Gasteiger charge is -2.06. The molecule has 0 bridgehead atoms. The lowest BCUT2D eigenvalue weighted by atomic mass is 10.4. The SMILES string of the molecule is CCCCOC(=O)CNCCC(=O)NCCOC. The highest BCUT2D eigenvalue weighted by Crippen LogP contribution is 1.88. The maximum absolute atomic E-state index is 11.3. The molecule has 0 rings (SSSR count). The largest absolute Gasteiger partial charge is 0.465 e. The highest BCUT2D eigenvalue weighted by Gasteiger charge is 2.03. The predicted octanol–water partition coefficient (Wildman–Crippen LogP) is 0.0720. The van der Waals surface area contributed by atoms with Gasteiger partial charge in [-0.1, -0.05) is 13.3 Å². The summed E-state index contributed by atoms with van der Waals surface area (Å²) in [5.74, 6) is -0.331. The minimum atomic E-state index is -0.275. The van der Waals surface area contributed by atoms with Gasteiger partial charge in [-0.25, -0.2) is 0 Å². The second kappa shape index (κ2) is 12.3. The normalized spacial score (nSPS) is 10.1. The molecule has 1 amide bonds. The Bertz CT molecular complexity index is 210. The van der Waals surface area contributed by atoms with Gasteiger partial charge in [0.05, 0.1) is 19.8 Å². The molecule has 106 valence electrons. The third-order valence-corrected chi connectivity index (χ3v) is 2.19. The number of nitrogens with one attached hydrogen (secondary N) is 2. The fraction of sp³-hybridized carbons (Fsp3) is 0.833. The molecule has 0 saturated heterocycles. The van der Waals surface area contributed by atoms with Gasteiger partial charge in [-0.15, -0.1) is 0 Å². The van der Waals surface area contributed by atoms with E-state index < -0.39 is 0 Å². The van der Waals surface area contributed by atoms with Crippen LogP contribution in [0.4, 0.5) is 0 Å². The summed E-state index contributed by atoms with van der Waals surface area (Å²) in [5, 5.41) is 5.56. The molecule has 0 atom stereocenters. The summed E-state index contributed by atoms with van der Waals surface area (Å²) in [4.78, 5) is 22.4. The molecular formula is C12H24N2O4. The van der Waals surface area contributed by atoms with Crippen molar-refractivity contribution in [2.45, 2.75) is 26.2 Å². The van der Waals surface area contributed by atoms with Crippen molar-refractivity contribution in [3.63, 3.8) is 0 Å². The van der Waals surface area contributed by atoms with Crippen LogP contribution in [0.2, 0.25) is 0 Å². The quantitative estimate of drug-likeness (QED) is 0.406. The molecule has 6 nitrogen and oxygen atoms in total. The Morgan fingerprint density at radius 2 is 1.94 bits per heavy atom. The highest BCUT2D eigenvalue weighted by molar-refractivity contribution is 5.76. The Morgan fingerprint density at radius 1 is 1.17 bits per heavy atom. The number of rotatable bonds is 11. The third kappa shape index (κ3) is 11.3. The Labute approximate surface area is 108 Å². The summed E-state index contributed by atoms with van der Waals surface area (Å²) < 4.78 is 9.75. The fourth-order valence-electron chi connectivity index (χ4n) is 1.15. The number of carbonyl (C=O) groups excluding carboxylic acids is 2. The van der Waals surface area contributed by atoms with Crippen LogP contribution in [-0.4, -0.2) is 51.8 Å². The molecular weight excluding hydrogens is 236 g/mol. The van der Waals surface area contributed by atoms with Gasteiger partial charge in [0.1, 0.15) is 0 Å². The average Bonchev–Trinajstić information content (AvgIpc) is 2.35. The molecule has 0 saturated carbocycles. The lowest BCUT2D eigenvalue weighted by molar-refractivity contribution is -0.142. The van der Waals surface area contributed by atoms with Crippen LogP contribution in [0.25, 0.3) is 0 Å². The molecule has 2 N–H and O–H groups in total. The zero-order valence-electron chi connectivity index (χ0n) is 11.3. The first kappa shape index (κ1) is 16.9.